The molecule has 0 saturated heterocycles. The van der Waals surface area contributed by atoms with Crippen molar-refractivity contribution in [2.45, 2.75) is 18.5 Å². The van der Waals surface area contributed by atoms with Crippen LogP contribution in [0.5, 0.6) is 0 Å². The molecule has 0 aromatic heterocycles. The minimum absolute atomic E-state index is 0.0217. The molecular formula is C26H16ClF9N2O3. The average Bonchev–Trinajstić information content (AvgIpc) is 2.86. The first-order chi connectivity index (χ1) is 18.9. The fraction of sp³-hybridized carbons (Fsp3) is 0.192. The van der Waals surface area contributed by atoms with Crippen LogP contribution in [-0.4, -0.2) is 43.0 Å². The zero-order chi connectivity index (χ0) is 30.8. The van der Waals surface area contributed by atoms with E-state index in [9.17, 15) is 53.9 Å². The first kappa shape index (κ1) is 31.5. The van der Waals surface area contributed by atoms with E-state index >= 15 is 0 Å². The van der Waals surface area contributed by atoms with Crippen molar-refractivity contribution in [3.63, 3.8) is 0 Å². The van der Waals surface area contributed by atoms with Gasteiger partial charge in [-0.25, -0.2) is 0 Å². The van der Waals surface area contributed by atoms with E-state index in [1.807, 2.05) is 0 Å². The maximum atomic E-state index is 13.9. The largest absolute Gasteiger partial charge is 0.417 e. The van der Waals surface area contributed by atoms with Crippen LogP contribution in [0.2, 0.25) is 5.02 Å². The van der Waals surface area contributed by atoms with Gasteiger partial charge in [0.25, 0.3) is 5.91 Å². The number of fused-ring (bicyclic) bond motifs is 1. The summed E-state index contributed by atoms with van der Waals surface area (Å²) in [6, 6.07) is 8.72. The molecule has 5 nitrogen and oxygen atoms in total. The molecule has 0 aliphatic carbocycles. The Kier molecular flexibility index (Phi) is 9.06. The van der Waals surface area contributed by atoms with Crippen LogP contribution in [0.4, 0.5) is 39.5 Å². The molecular weight excluding hydrogens is 595 g/mol. The first-order valence-electron chi connectivity index (χ1n) is 11.2. The van der Waals surface area contributed by atoms with Gasteiger partial charge in [-0.2, -0.15) is 39.5 Å². The van der Waals surface area contributed by atoms with Gasteiger partial charge in [0.2, 0.25) is 5.91 Å². The molecule has 218 valence electrons. The fourth-order valence-corrected chi connectivity index (χ4v) is 3.91. The lowest BCUT2D eigenvalue weighted by atomic mass is 9.94. The van der Waals surface area contributed by atoms with Gasteiger partial charge in [-0.1, -0.05) is 35.9 Å². The van der Waals surface area contributed by atoms with E-state index in [4.69, 9.17) is 11.6 Å². The highest BCUT2D eigenvalue weighted by Crippen LogP contribution is 2.39. The van der Waals surface area contributed by atoms with Gasteiger partial charge in [0.05, 0.1) is 17.7 Å². The van der Waals surface area contributed by atoms with Crippen molar-refractivity contribution in [3.8, 4) is 0 Å². The number of alkyl halides is 9. The zero-order valence-electron chi connectivity index (χ0n) is 20.2. The number of carbonyl (C=O) groups is 3. The summed E-state index contributed by atoms with van der Waals surface area (Å²) in [6.45, 7) is -2.46. The van der Waals surface area contributed by atoms with Crippen LogP contribution >= 0.6 is 11.6 Å². The maximum Gasteiger partial charge on any atom is 0.417 e. The standard InChI is InChI=1S/C26H16ClF9N2O3/c27-15-8-13(7-14(9-15)25(31,32)33)20(26(34,35)36)10-21(39)18-5-6-19(17-4-2-1-3-16(17)18)23(41)37-11-22(40)38-12-24(28,29)30/h1-10H,11-12H2,(H,37,41)(H,38,40)/b20-10+. The molecule has 0 aliphatic heterocycles. The molecule has 0 fully saturated rings. The monoisotopic (exact) mass is 610 g/mol. The van der Waals surface area contributed by atoms with E-state index in [1.165, 1.54) is 24.3 Å². The summed E-state index contributed by atoms with van der Waals surface area (Å²) in [7, 11) is 0. The van der Waals surface area contributed by atoms with Gasteiger partial charge < -0.3 is 10.6 Å². The Hall–Kier alpha value is -4.07. The average molecular weight is 611 g/mol. The van der Waals surface area contributed by atoms with Gasteiger partial charge in [0.1, 0.15) is 6.54 Å². The quantitative estimate of drug-likeness (QED) is 0.177. The molecule has 2 N–H and O–H groups in total. The third-order valence-electron chi connectivity index (χ3n) is 5.45. The molecule has 0 aliphatic rings. The van der Waals surface area contributed by atoms with Crippen molar-refractivity contribution in [1.82, 2.24) is 10.6 Å². The Morgan fingerprint density at radius 3 is 1.93 bits per heavy atom. The summed E-state index contributed by atoms with van der Waals surface area (Å²) in [5.41, 5.74) is -4.68. The number of ketones is 1. The van der Waals surface area contributed by atoms with Crippen molar-refractivity contribution < 1.29 is 53.9 Å². The third-order valence-corrected chi connectivity index (χ3v) is 5.66. The Balaban J connectivity index is 1.98. The summed E-state index contributed by atoms with van der Waals surface area (Å²) < 4.78 is 118. The van der Waals surface area contributed by atoms with Crippen molar-refractivity contribution in [2.24, 2.45) is 0 Å². The molecule has 0 bridgehead atoms. The summed E-state index contributed by atoms with van der Waals surface area (Å²) in [5.74, 6) is -3.35. The molecule has 41 heavy (non-hydrogen) atoms. The molecule has 3 aromatic carbocycles. The summed E-state index contributed by atoms with van der Waals surface area (Å²) in [4.78, 5) is 37.2. The summed E-state index contributed by atoms with van der Waals surface area (Å²) in [5, 5.41) is 3.03. The minimum Gasteiger partial charge on any atom is -0.345 e. The van der Waals surface area contributed by atoms with Gasteiger partial charge in [-0.05, 0) is 52.7 Å². The molecule has 0 heterocycles. The second-order valence-electron chi connectivity index (χ2n) is 8.43. The van der Waals surface area contributed by atoms with Crippen LogP contribution in [0.3, 0.4) is 0 Å². The summed E-state index contributed by atoms with van der Waals surface area (Å²) >= 11 is 5.62. The topological polar surface area (TPSA) is 75.3 Å². The highest BCUT2D eigenvalue weighted by Gasteiger charge is 2.38. The predicted molar refractivity (Wildman–Crippen MR) is 130 cm³/mol. The van der Waals surface area contributed by atoms with Gasteiger partial charge in [0.15, 0.2) is 5.78 Å². The molecule has 0 unspecified atom stereocenters. The molecule has 2 amide bonds. The normalized spacial score (nSPS) is 12.8. The van der Waals surface area contributed by atoms with Crippen molar-refractivity contribution in [3.05, 3.63) is 87.9 Å². The van der Waals surface area contributed by atoms with Gasteiger partial charge in [0, 0.05) is 16.1 Å². The highest BCUT2D eigenvalue weighted by atomic mass is 35.5. The number of hydrogen-bond donors (Lipinski definition) is 2. The fourth-order valence-electron chi connectivity index (χ4n) is 3.68. The van der Waals surface area contributed by atoms with Crippen LogP contribution in [-0.2, 0) is 11.0 Å². The minimum atomic E-state index is -5.27. The Bertz CT molecular complexity index is 1530. The SMILES string of the molecule is O=C(CNC(=O)c1ccc(C(=O)/C=C(\c2cc(Cl)cc(C(F)(F)F)c2)C(F)(F)F)c2ccccc12)NCC(F)(F)F. The predicted octanol–water partition coefficient (Wildman–Crippen LogP) is 6.75. The van der Waals surface area contributed by atoms with Crippen LogP contribution in [0.1, 0.15) is 31.8 Å². The third kappa shape index (κ3) is 8.22. The van der Waals surface area contributed by atoms with Crippen LogP contribution in [0.15, 0.2) is 60.7 Å². The van der Waals surface area contributed by atoms with E-state index in [-0.39, 0.29) is 34.0 Å². The Morgan fingerprint density at radius 2 is 1.37 bits per heavy atom. The number of carbonyl (C=O) groups excluding carboxylic acids is 3. The van der Waals surface area contributed by atoms with E-state index < -0.39 is 70.9 Å². The van der Waals surface area contributed by atoms with Crippen LogP contribution in [0.25, 0.3) is 16.3 Å². The number of halogens is 10. The van der Waals surface area contributed by atoms with E-state index in [0.717, 1.165) is 12.1 Å². The van der Waals surface area contributed by atoms with Gasteiger partial charge in [-0.3, -0.25) is 14.4 Å². The number of nitrogens with one attached hydrogen (secondary N) is 2. The lowest BCUT2D eigenvalue weighted by Gasteiger charge is -2.15. The van der Waals surface area contributed by atoms with E-state index in [2.05, 4.69) is 5.32 Å². The first-order valence-corrected chi connectivity index (χ1v) is 11.6. The smallest absolute Gasteiger partial charge is 0.345 e. The lowest BCUT2D eigenvalue weighted by molar-refractivity contribution is -0.137. The van der Waals surface area contributed by atoms with Crippen LogP contribution in [0, 0.1) is 0 Å². The molecule has 0 radical (unpaired) electrons. The lowest BCUT2D eigenvalue weighted by Crippen LogP contribution is -2.40. The number of allylic oxidation sites excluding steroid dienone is 2. The molecule has 0 saturated carbocycles. The molecule has 0 spiro atoms. The second kappa shape index (κ2) is 11.8. The Labute approximate surface area is 230 Å². The van der Waals surface area contributed by atoms with E-state index in [1.54, 1.807) is 5.32 Å². The number of benzene rings is 3. The molecule has 3 rings (SSSR count). The van der Waals surface area contributed by atoms with Crippen LogP contribution < -0.4 is 10.6 Å². The maximum absolute atomic E-state index is 13.9. The number of rotatable bonds is 7. The summed E-state index contributed by atoms with van der Waals surface area (Å²) in [6.07, 6.45) is -14.9. The van der Waals surface area contributed by atoms with E-state index in [0.29, 0.717) is 12.1 Å². The number of hydrogen-bond acceptors (Lipinski definition) is 3. The van der Waals surface area contributed by atoms with Crippen molar-refractivity contribution >= 4 is 45.5 Å². The van der Waals surface area contributed by atoms with Gasteiger partial charge >= 0.3 is 18.5 Å². The van der Waals surface area contributed by atoms with Crippen molar-refractivity contribution in [1.29, 1.82) is 0 Å². The number of amides is 2. The Morgan fingerprint density at radius 1 is 0.780 bits per heavy atom. The molecule has 3 aromatic rings. The highest BCUT2D eigenvalue weighted by molar-refractivity contribution is 6.31. The zero-order valence-corrected chi connectivity index (χ0v) is 20.9. The second-order valence-corrected chi connectivity index (χ2v) is 8.86. The van der Waals surface area contributed by atoms with Crippen molar-refractivity contribution in [2.75, 3.05) is 13.1 Å². The van der Waals surface area contributed by atoms with Gasteiger partial charge in [-0.15, -0.1) is 0 Å². The molecule has 0 atom stereocenters. The molecule has 15 heteroatoms.